The Morgan fingerprint density at radius 3 is 2.65 bits per heavy atom. The van der Waals surface area contributed by atoms with Gasteiger partial charge in [0.25, 0.3) is 5.91 Å². The van der Waals surface area contributed by atoms with E-state index in [-0.39, 0.29) is 43.3 Å². The zero-order valence-corrected chi connectivity index (χ0v) is 19.0. The van der Waals surface area contributed by atoms with Crippen LogP contribution in [0.4, 0.5) is 13.2 Å². The first-order valence-corrected chi connectivity index (χ1v) is 12.1. The summed E-state index contributed by atoms with van der Waals surface area (Å²) < 4.78 is 46.2. The molecule has 4 aliphatic rings. The lowest BCUT2D eigenvalue weighted by atomic mass is 9.91. The van der Waals surface area contributed by atoms with Crippen molar-refractivity contribution >= 4 is 11.8 Å². The van der Waals surface area contributed by atoms with Crippen LogP contribution in [-0.4, -0.2) is 47.6 Å². The van der Waals surface area contributed by atoms with Gasteiger partial charge in [0.05, 0.1) is 5.41 Å². The number of carbonyl (C=O) groups is 2. The Hall–Kier alpha value is -2.55. The highest BCUT2D eigenvalue weighted by Gasteiger charge is 2.62. The molecule has 5 rings (SSSR count). The summed E-state index contributed by atoms with van der Waals surface area (Å²) in [5.74, 6) is 0.219. The van der Waals surface area contributed by atoms with Crippen molar-refractivity contribution in [2.45, 2.75) is 82.3 Å². The quantitative estimate of drug-likeness (QED) is 0.649. The number of alkyl halides is 3. The van der Waals surface area contributed by atoms with E-state index < -0.39 is 17.6 Å². The predicted molar refractivity (Wildman–Crippen MR) is 119 cm³/mol. The van der Waals surface area contributed by atoms with E-state index in [2.05, 4.69) is 17.2 Å². The SMILES string of the molecule is C=C1CCC(N2Cc3cc(O[C@H]4CCCC[C@@H]4NCC4(C(F)(F)F)CC4)ccc3C2=O)C(=O)N1. The molecule has 1 unspecified atom stereocenters. The Bertz CT molecular complexity index is 1000. The standard InChI is InChI=1S/C25H30F3N3O3/c1-15-6-9-20(22(32)30-15)31-13-16-12-17(7-8-18(16)23(31)33)34-21-5-3-2-4-19(21)29-14-24(10-11-24)25(26,27)28/h7-8,12,19-21,29H,1-6,9-11,13-14H2,(H,30,32)/t19-,20?,21-/m0/s1. The van der Waals surface area contributed by atoms with Gasteiger partial charge in [-0.2, -0.15) is 13.2 Å². The minimum Gasteiger partial charge on any atom is -0.489 e. The number of hydrogen-bond donors (Lipinski definition) is 2. The van der Waals surface area contributed by atoms with E-state index in [1.165, 1.54) is 0 Å². The van der Waals surface area contributed by atoms with Crippen LogP contribution < -0.4 is 15.4 Å². The fourth-order valence-corrected chi connectivity index (χ4v) is 5.39. The van der Waals surface area contributed by atoms with Crippen LogP contribution in [0.5, 0.6) is 5.75 Å². The van der Waals surface area contributed by atoms with Gasteiger partial charge in [0.1, 0.15) is 17.9 Å². The number of benzene rings is 1. The second-order valence-electron chi connectivity index (χ2n) is 10.1. The summed E-state index contributed by atoms with van der Waals surface area (Å²) in [7, 11) is 0. The van der Waals surface area contributed by atoms with Crippen molar-refractivity contribution in [3.8, 4) is 5.75 Å². The number of carbonyl (C=O) groups excluding carboxylic acids is 2. The molecule has 1 aromatic carbocycles. The monoisotopic (exact) mass is 477 g/mol. The molecule has 2 saturated carbocycles. The maximum absolute atomic E-state index is 13.3. The van der Waals surface area contributed by atoms with Crippen molar-refractivity contribution in [3.05, 3.63) is 41.6 Å². The van der Waals surface area contributed by atoms with Crippen LogP contribution in [0, 0.1) is 5.41 Å². The molecule has 3 atom stereocenters. The molecule has 184 valence electrons. The minimum atomic E-state index is -4.17. The normalized spacial score (nSPS) is 28.5. The van der Waals surface area contributed by atoms with E-state index >= 15 is 0 Å². The van der Waals surface area contributed by atoms with Gasteiger partial charge in [-0.25, -0.2) is 0 Å². The number of piperidine rings is 1. The second kappa shape index (κ2) is 8.59. The number of nitrogens with one attached hydrogen (secondary N) is 2. The number of halogens is 3. The zero-order chi connectivity index (χ0) is 24.1. The van der Waals surface area contributed by atoms with Gasteiger partial charge in [0.2, 0.25) is 5.91 Å². The lowest BCUT2D eigenvalue weighted by Crippen LogP contribution is -2.49. The third kappa shape index (κ3) is 4.30. The maximum atomic E-state index is 13.3. The fraction of sp³-hybridized carbons (Fsp3) is 0.600. The second-order valence-corrected chi connectivity index (χ2v) is 10.1. The smallest absolute Gasteiger partial charge is 0.395 e. The molecule has 1 aromatic rings. The van der Waals surface area contributed by atoms with Crippen LogP contribution in [0.1, 0.15) is 67.3 Å². The molecule has 3 fully saturated rings. The molecule has 2 heterocycles. The topological polar surface area (TPSA) is 70.7 Å². The van der Waals surface area contributed by atoms with Crippen molar-refractivity contribution in [3.63, 3.8) is 0 Å². The highest BCUT2D eigenvalue weighted by atomic mass is 19.4. The summed E-state index contributed by atoms with van der Waals surface area (Å²) in [5, 5.41) is 5.89. The number of rotatable bonds is 6. The van der Waals surface area contributed by atoms with Crippen molar-refractivity contribution in [1.82, 2.24) is 15.5 Å². The van der Waals surface area contributed by atoms with Crippen molar-refractivity contribution in [2.75, 3.05) is 6.54 Å². The molecule has 0 bridgehead atoms. The number of allylic oxidation sites excluding steroid dienone is 1. The van der Waals surface area contributed by atoms with E-state index in [4.69, 9.17) is 4.74 Å². The average molecular weight is 478 g/mol. The summed E-state index contributed by atoms with van der Waals surface area (Å²) >= 11 is 0. The molecule has 1 saturated heterocycles. The first kappa shape index (κ1) is 23.2. The molecule has 9 heteroatoms. The van der Waals surface area contributed by atoms with Crippen LogP contribution in [0.25, 0.3) is 0 Å². The summed E-state index contributed by atoms with van der Waals surface area (Å²) in [4.78, 5) is 26.9. The highest BCUT2D eigenvalue weighted by Crippen LogP contribution is 2.57. The first-order valence-electron chi connectivity index (χ1n) is 12.1. The molecule has 0 radical (unpaired) electrons. The van der Waals surface area contributed by atoms with E-state index in [0.29, 0.717) is 36.4 Å². The molecule has 34 heavy (non-hydrogen) atoms. The van der Waals surface area contributed by atoms with Crippen molar-refractivity contribution in [1.29, 1.82) is 0 Å². The Labute approximate surface area is 196 Å². The summed E-state index contributed by atoms with van der Waals surface area (Å²) in [5.41, 5.74) is 0.446. The van der Waals surface area contributed by atoms with Crippen LogP contribution >= 0.6 is 0 Å². The van der Waals surface area contributed by atoms with Gasteiger partial charge in [-0.3, -0.25) is 9.59 Å². The number of ether oxygens (including phenoxy) is 1. The first-order chi connectivity index (χ1) is 16.2. The maximum Gasteiger partial charge on any atom is 0.395 e. The van der Waals surface area contributed by atoms with Crippen LogP contribution in [-0.2, 0) is 11.3 Å². The fourth-order valence-electron chi connectivity index (χ4n) is 5.39. The molecule has 2 N–H and O–H groups in total. The largest absolute Gasteiger partial charge is 0.489 e. The van der Waals surface area contributed by atoms with Crippen molar-refractivity contribution in [2.24, 2.45) is 5.41 Å². The number of amides is 2. The third-order valence-electron chi connectivity index (χ3n) is 7.75. The molecule has 0 spiro atoms. The van der Waals surface area contributed by atoms with Crippen LogP contribution in [0.15, 0.2) is 30.5 Å². The molecule has 2 aliphatic carbocycles. The third-order valence-corrected chi connectivity index (χ3v) is 7.75. The Morgan fingerprint density at radius 2 is 1.94 bits per heavy atom. The molecule has 2 amide bonds. The summed E-state index contributed by atoms with van der Waals surface area (Å²) in [6.07, 6.45) is 0.619. The Balaban J connectivity index is 1.25. The number of hydrogen-bond acceptors (Lipinski definition) is 4. The molecular formula is C25H30F3N3O3. The van der Waals surface area contributed by atoms with E-state index in [9.17, 15) is 22.8 Å². The van der Waals surface area contributed by atoms with E-state index in [1.54, 1.807) is 17.0 Å². The minimum absolute atomic E-state index is 0.0649. The predicted octanol–water partition coefficient (Wildman–Crippen LogP) is 4.06. The zero-order valence-electron chi connectivity index (χ0n) is 19.0. The summed E-state index contributed by atoms with van der Waals surface area (Å²) in [6.45, 7) is 4.05. The molecule has 0 aromatic heterocycles. The van der Waals surface area contributed by atoms with Gasteiger partial charge in [0.15, 0.2) is 0 Å². The summed E-state index contributed by atoms with van der Waals surface area (Å²) in [6, 6.07) is 4.63. The Morgan fingerprint density at radius 1 is 1.18 bits per heavy atom. The van der Waals surface area contributed by atoms with Crippen LogP contribution in [0.2, 0.25) is 0 Å². The average Bonchev–Trinajstić information content (AvgIpc) is 3.52. The highest BCUT2D eigenvalue weighted by molar-refractivity contribution is 6.01. The molecule has 6 nitrogen and oxygen atoms in total. The van der Waals surface area contributed by atoms with Gasteiger partial charge in [-0.1, -0.05) is 13.0 Å². The Kier molecular flexibility index (Phi) is 5.86. The van der Waals surface area contributed by atoms with Gasteiger partial charge in [-0.15, -0.1) is 0 Å². The van der Waals surface area contributed by atoms with Gasteiger partial charge in [0, 0.05) is 30.4 Å². The van der Waals surface area contributed by atoms with Gasteiger partial charge < -0.3 is 20.3 Å². The lowest BCUT2D eigenvalue weighted by molar-refractivity contribution is -0.186. The van der Waals surface area contributed by atoms with Crippen LogP contribution in [0.3, 0.4) is 0 Å². The molecular weight excluding hydrogens is 447 g/mol. The van der Waals surface area contributed by atoms with Gasteiger partial charge >= 0.3 is 6.18 Å². The van der Waals surface area contributed by atoms with E-state index in [1.807, 2.05) is 6.07 Å². The van der Waals surface area contributed by atoms with Gasteiger partial charge in [-0.05, 0) is 68.7 Å². The number of fused-ring (bicyclic) bond motifs is 1. The van der Waals surface area contributed by atoms with E-state index in [0.717, 1.165) is 31.2 Å². The lowest BCUT2D eigenvalue weighted by Gasteiger charge is -2.34. The van der Waals surface area contributed by atoms with Crippen molar-refractivity contribution < 1.29 is 27.5 Å². The molecule has 2 aliphatic heterocycles. The number of nitrogens with zero attached hydrogens (tertiary/aromatic N) is 1.